The van der Waals surface area contributed by atoms with Crippen molar-refractivity contribution >= 4 is 5.97 Å². The minimum Gasteiger partial charge on any atom is -0.480 e. The van der Waals surface area contributed by atoms with E-state index >= 15 is 0 Å². The number of rotatable bonds is 5. The average molecular weight is 214 g/mol. The van der Waals surface area contributed by atoms with Gasteiger partial charge in [0.25, 0.3) is 0 Å². The average Bonchev–Trinajstić information content (AvgIpc) is 2.26. The number of hydrogen-bond acceptors (Lipinski definition) is 3. The highest BCUT2D eigenvalue weighted by Crippen LogP contribution is 2.19. The Balaban J connectivity index is 2.32. The highest BCUT2D eigenvalue weighted by atomic mass is 16.4. The van der Waals surface area contributed by atoms with E-state index in [9.17, 15) is 4.79 Å². The predicted molar refractivity (Wildman–Crippen MR) is 59.7 cm³/mol. The van der Waals surface area contributed by atoms with Crippen LogP contribution in [0.3, 0.4) is 0 Å². The first-order valence-electron chi connectivity index (χ1n) is 5.87. The van der Waals surface area contributed by atoms with Gasteiger partial charge in [0.2, 0.25) is 0 Å². The monoisotopic (exact) mass is 214 g/mol. The van der Waals surface area contributed by atoms with Crippen LogP contribution in [0.15, 0.2) is 0 Å². The van der Waals surface area contributed by atoms with Crippen molar-refractivity contribution in [2.24, 2.45) is 5.73 Å². The Kier molecular flexibility index (Phi) is 5.05. The van der Waals surface area contributed by atoms with E-state index in [-0.39, 0.29) is 0 Å². The quantitative estimate of drug-likeness (QED) is 0.718. The molecule has 0 aromatic heterocycles. The molecule has 1 fully saturated rings. The van der Waals surface area contributed by atoms with Gasteiger partial charge in [-0.05, 0) is 32.2 Å². The lowest BCUT2D eigenvalue weighted by Crippen LogP contribution is -2.42. The number of carboxylic acid groups (broad SMARTS) is 1. The van der Waals surface area contributed by atoms with Crippen LogP contribution in [0, 0.1) is 0 Å². The molecular weight excluding hydrogens is 192 g/mol. The fourth-order valence-corrected chi connectivity index (χ4v) is 2.25. The summed E-state index contributed by atoms with van der Waals surface area (Å²) in [7, 11) is 0. The number of piperidine rings is 1. The predicted octanol–water partition coefficient (Wildman–Crippen LogP) is 1.05. The molecule has 88 valence electrons. The van der Waals surface area contributed by atoms with E-state index in [2.05, 4.69) is 11.8 Å². The summed E-state index contributed by atoms with van der Waals surface area (Å²) in [5.74, 6) is -0.889. The van der Waals surface area contributed by atoms with Gasteiger partial charge in [0.05, 0.1) is 0 Å². The van der Waals surface area contributed by atoms with Crippen LogP contribution >= 0.6 is 0 Å². The molecule has 1 saturated heterocycles. The Bertz CT molecular complexity index is 209. The van der Waals surface area contributed by atoms with Crippen molar-refractivity contribution in [2.75, 3.05) is 13.1 Å². The summed E-state index contributed by atoms with van der Waals surface area (Å²) in [6.07, 6.45) is 5.51. The van der Waals surface area contributed by atoms with Crippen LogP contribution in [0.4, 0.5) is 0 Å². The summed E-state index contributed by atoms with van der Waals surface area (Å²) in [5.41, 5.74) is 5.49. The first kappa shape index (κ1) is 12.5. The fourth-order valence-electron chi connectivity index (χ4n) is 2.25. The van der Waals surface area contributed by atoms with Gasteiger partial charge >= 0.3 is 5.97 Å². The normalized spacial score (nSPS) is 25.1. The van der Waals surface area contributed by atoms with Gasteiger partial charge in [0.15, 0.2) is 0 Å². The number of nitrogens with zero attached hydrogens (tertiary/aromatic N) is 1. The third kappa shape index (κ3) is 3.80. The van der Waals surface area contributed by atoms with Gasteiger partial charge in [-0.2, -0.15) is 0 Å². The molecule has 0 aliphatic carbocycles. The SMILES string of the molecule is CCC1CCCCN1CCC(N)C(=O)O. The third-order valence-corrected chi connectivity index (χ3v) is 3.26. The van der Waals surface area contributed by atoms with Crippen LogP contribution in [-0.2, 0) is 4.79 Å². The summed E-state index contributed by atoms with van der Waals surface area (Å²) in [5, 5.41) is 8.69. The molecule has 1 rings (SSSR count). The molecule has 0 bridgehead atoms. The lowest BCUT2D eigenvalue weighted by atomic mass is 9.99. The molecule has 0 radical (unpaired) electrons. The minimum atomic E-state index is -0.889. The van der Waals surface area contributed by atoms with Crippen LogP contribution in [-0.4, -0.2) is 41.1 Å². The molecule has 0 aromatic rings. The number of likely N-dealkylation sites (tertiary alicyclic amines) is 1. The molecule has 3 N–H and O–H groups in total. The van der Waals surface area contributed by atoms with E-state index in [1.807, 2.05) is 0 Å². The molecule has 1 aliphatic rings. The molecule has 2 atom stereocenters. The van der Waals surface area contributed by atoms with Gasteiger partial charge in [0.1, 0.15) is 6.04 Å². The molecule has 0 saturated carbocycles. The summed E-state index contributed by atoms with van der Waals surface area (Å²) >= 11 is 0. The summed E-state index contributed by atoms with van der Waals surface area (Å²) in [4.78, 5) is 13.0. The van der Waals surface area contributed by atoms with Crippen molar-refractivity contribution in [1.29, 1.82) is 0 Å². The van der Waals surface area contributed by atoms with Crippen LogP contribution in [0.1, 0.15) is 39.0 Å². The largest absolute Gasteiger partial charge is 0.480 e. The van der Waals surface area contributed by atoms with E-state index in [4.69, 9.17) is 10.8 Å². The Hall–Kier alpha value is -0.610. The number of carboxylic acids is 1. The van der Waals surface area contributed by atoms with Gasteiger partial charge in [0, 0.05) is 12.6 Å². The number of nitrogens with two attached hydrogens (primary N) is 1. The highest BCUT2D eigenvalue weighted by molar-refractivity contribution is 5.72. The second-order valence-corrected chi connectivity index (χ2v) is 4.33. The molecule has 1 heterocycles. The standard InChI is InChI=1S/C11H22N2O2/c1-2-9-5-3-4-7-13(9)8-6-10(12)11(14)15/h9-10H,2-8,12H2,1H3,(H,14,15). The third-order valence-electron chi connectivity index (χ3n) is 3.26. The van der Waals surface area contributed by atoms with E-state index in [1.165, 1.54) is 19.3 Å². The lowest BCUT2D eigenvalue weighted by molar-refractivity contribution is -0.138. The number of hydrogen-bond donors (Lipinski definition) is 2. The van der Waals surface area contributed by atoms with Crippen molar-refractivity contribution < 1.29 is 9.90 Å². The molecule has 4 nitrogen and oxygen atoms in total. The minimum absolute atomic E-state index is 0.561. The van der Waals surface area contributed by atoms with Crippen LogP contribution in [0.5, 0.6) is 0 Å². The second-order valence-electron chi connectivity index (χ2n) is 4.33. The number of aliphatic carboxylic acids is 1. The zero-order chi connectivity index (χ0) is 11.3. The molecule has 0 aromatic carbocycles. The van der Waals surface area contributed by atoms with Crippen molar-refractivity contribution in [3.8, 4) is 0 Å². The van der Waals surface area contributed by atoms with Crippen molar-refractivity contribution in [3.05, 3.63) is 0 Å². The topological polar surface area (TPSA) is 66.6 Å². The van der Waals surface area contributed by atoms with Gasteiger partial charge in [-0.3, -0.25) is 4.79 Å². The van der Waals surface area contributed by atoms with Crippen LogP contribution in [0.2, 0.25) is 0 Å². The van der Waals surface area contributed by atoms with E-state index < -0.39 is 12.0 Å². The van der Waals surface area contributed by atoms with Crippen LogP contribution in [0.25, 0.3) is 0 Å². The number of carbonyl (C=O) groups is 1. The van der Waals surface area contributed by atoms with Gasteiger partial charge < -0.3 is 15.7 Å². The molecular formula is C11H22N2O2. The first-order valence-corrected chi connectivity index (χ1v) is 5.87. The van der Waals surface area contributed by atoms with E-state index in [0.717, 1.165) is 19.5 Å². The maximum atomic E-state index is 10.6. The Labute approximate surface area is 91.4 Å². The maximum absolute atomic E-state index is 10.6. The van der Waals surface area contributed by atoms with E-state index in [0.29, 0.717) is 12.5 Å². The lowest BCUT2D eigenvalue weighted by Gasteiger charge is -2.35. The zero-order valence-electron chi connectivity index (χ0n) is 9.48. The molecule has 1 aliphatic heterocycles. The van der Waals surface area contributed by atoms with Crippen molar-refractivity contribution in [3.63, 3.8) is 0 Å². The van der Waals surface area contributed by atoms with Crippen LogP contribution < -0.4 is 5.73 Å². The molecule has 0 amide bonds. The summed E-state index contributed by atoms with van der Waals surface area (Å²) < 4.78 is 0. The van der Waals surface area contributed by atoms with E-state index in [1.54, 1.807) is 0 Å². The summed E-state index contributed by atoms with van der Waals surface area (Å²) in [6.45, 7) is 4.12. The molecule has 0 spiro atoms. The second kappa shape index (κ2) is 6.08. The Morgan fingerprint density at radius 2 is 2.33 bits per heavy atom. The van der Waals surface area contributed by atoms with Gasteiger partial charge in [-0.1, -0.05) is 13.3 Å². The van der Waals surface area contributed by atoms with Crippen molar-refractivity contribution in [1.82, 2.24) is 4.90 Å². The fraction of sp³-hybridized carbons (Fsp3) is 0.909. The van der Waals surface area contributed by atoms with Gasteiger partial charge in [-0.15, -0.1) is 0 Å². The first-order chi connectivity index (χ1) is 7.15. The summed E-state index contributed by atoms with van der Waals surface area (Å²) in [6, 6.07) is -0.0656. The van der Waals surface area contributed by atoms with Crippen molar-refractivity contribution in [2.45, 2.75) is 51.1 Å². The smallest absolute Gasteiger partial charge is 0.320 e. The molecule has 4 heteroatoms. The Morgan fingerprint density at radius 1 is 1.60 bits per heavy atom. The van der Waals surface area contributed by atoms with Gasteiger partial charge in [-0.25, -0.2) is 0 Å². The molecule has 15 heavy (non-hydrogen) atoms. The highest BCUT2D eigenvalue weighted by Gasteiger charge is 2.22. The Morgan fingerprint density at radius 3 is 2.93 bits per heavy atom. The zero-order valence-corrected chi connectivity index (χ0v) is 9.48. The molecule has 2 unspecified atom stereocenters. The maximum Gasteiger partial charge on any atom is 0.320 e.